The van der Waals surface area contributed by atoms with E-state index in [1.165, 1.54) is 6.92 Å². The fourth-order valence-electron chi connectivity index (χ4n) is 0.912. The highest BCUT2D eigenvalue weighted by atomic mass is 19.3. The van der Waals surface area contributed by atoms with Crippen LogP contribution in [0.25, 0.3) is 0 Å². The number of carbonyl (C=O) groups is 2. The smallest absolute Gasteiger partial charge is 0.407 e. The van der Waals surface area contributed by atoms with Crippen LogP contribution in [0, 0.1) is 0 Å². The molecular formula is C11H15F4NO5. The summed E-state index contributed by atoms with van der Waals surface area (Å²) in [6.07, 6.45) is -9.70. The summed E-state index contributed by atoms with van der Waals surface area (Å²) in [6, 6.07) is 0. The van der Waals surface area contributed by atoms with Crippen LogP contribution < -0.4 is 5.32 Å². The highest BCUT2D eigenvalue weighted by molar-refractivity contribution is 5.86. The first-order chi connectivity index (χ1) is 9.43. The second kappa shape index (κ2) is 7.81. The van der Waals surface area contributed by atoms with Gasteiger partial charge < -0.3 is 14.8 Å². The molecule has 0 atom stereocenters. The largest absolute Gasteiger partial charge is 0.460 e. The summed E-state index contributed by atoms with van der Waals surface area (Å²) in [6.45, 7) is 2.71. The number of ether oxygens (including phenoxy) is 3. The van der Waals surface area contributed by atoms with Gasteiger partial charge in [-0.2, -0.15) is 17.6 Å². The number of rotatable bonds is 8. The number of hydrogen-bond acceptors (Lipinski definition) is 5. The van der Waals surface area contributed by atoms with E-state index in [2.05, 4.69) is 20.8 Å². The van der Waals surface area contributed by atoms with E-state index in [1.54, 1.807) is 0 Å². The number of halogens is 4. The van der Waals surface area contributed by atoms with Crippen LogP contribution >= 0.6 is 0 Å². The number of hydrogen-bond donors (Lipinski definition) is 1. The van der Waals surface area contributed by atoms with Gasteiger partial charge in [-0.05, 0) is 6.92 Å². The summed E-state index contributed by atoms with van der Waals surface area (Å²) in [5.41, 5.74) is 0.148. The van der Waals surface area contributed by atoms with Crippen molar-refractivity contribution in [2.75, 3.05) is 19.8 Å². The number of alkyl carbamates (subject to hydrolysis) is 1. The van der Waals surface area contributed by atoms with Gasteiger partial charge in [-0.1, -0.05) is 6.58 Å². The number of nitrogens with one attached hydrogen (secondary N) is 1. The molecule has 0 radical (unpaired) electrons. The molecule has 0 aromatic carbocycles. The maximum Gasteiger partial charge on any atom is 0.407 e. The van der Waals surface area contributed by atoms with Crippen LogP contribution in [0.3, 0.4) is 0 Å². The van der Waals surface area contributed by atoms with Crippen LogP contribution in [0.5, 0.6) is 0 Å². The van der Waals surface area contributed by atoms with E-state index in [0.717, 1.165) is 0 Å². The van der Waals surface area contributed by atoms with Gasteiger partial charge in [0.2, 0.25) is 0 Å². The molecule has 1 amide bonds. The van der Waals surface area contributed by atoms with Gasteiger partial charge in [0, 0.05) is 12.5 Å². The molecule has 6 nitrogen and oxygen atoms in total. The van der Waals surface area contributed by atoms with E-state index in [4.69, 9.17) is 0 Å². The molecule has 0 saturated heterocycles. The Hall–Kier alpha value is -1.84. The molecular weight excluding hydrogens is 302 g/mol. The second-order valence-corrected chi connectivity index (χ2v) is 3.97. The highest BCUT2D eigenvalue weighted by Gasteiger charge is 2.42. The fraction of sp³-hybridized carbons (Fsp3) is 0.636. The molecule has 0 aliphatic heterocycles. The highest BCUT2D eigenvalue weighted by Crippen LogP contribution is 2.26. The molecule has 0 aromatic heterocycles. The third-order valence-electron chi connectivity index (χ3n) is 1.65. The van der Waals surface area contributed by atoms with Crippen molar-refractivity contribution >= 4 is 12.1 Å². The number of carbonyl (C=O) groups excluding carboxylic acids is 2. The molecule has 0 rings (SSSR count). The van der Waals surface area contributed by atoms with Gasteiger partial charge in [0.25, 0.3) is 0 Å². The van der Waals surface area contributed by atoms with Gasteiger partial charge in [-0.3, -0.25) is 4.74 Å². The van der Waals surface area contributed by atoms with Crippen molar-refractivity contribution in [3.63, 3.8) is 0 Å². The molecule has 0 aromatic rings. The molecule has 0 saturated carbocycles. The molecule has 0 spiro atoms. The third kappa shape index (κ3) is 10.6. The van der Waals surface area contributed by atoms with Gasteiger partial charge in [-0.15, -0.1) is 0 Å². The monoisotopic (exact) mass is 317 g/mol. The van der Waals surface area contributed by atoms with E-state index in [1.807, 2.05) is 5.32 Å². The van der Waals surface area contributed by atoms with E-state index < -0.39 is 30.9 Å². The summed E-state index contributed by atoms with van der Waals surface area (Å²) in [5.74, 6) is -0.685. The molecule has 0 aliphatic carbocycles. The van der Waals surface area contributed by atoms with Crippen LogP contribution in [-0.4, -0.2) is 44.0 Å². The zero-order valence-corrected chi connectivity index (χ0v) is 11.4. The predicted octanol–water partition coefficient (Wildman–Crippen LogP) is 2.05. The van der Waals surface area contributed by atoms with Crippen molar-refractivity contribution < 1.29 is 41.4 Å². The van der Waals surface area contributed by atoms with Crippen molar-refractivity contribution in [1.29, 1.82) is 0 Å². The van der Waals surface area contributed by atoms with Crippen LogP contribution in [0.2, 0.25) is 0 Å². The lowest BCUT2D eigenvalue weighted by Gasteiger charge is -2.20. The van der Waals surface area contributed by atoms with Gasteiger partial charge in [0.15, 0.2) is 6.61 Å². The minimum absolute atomic E-state index is 0.122. The third-order valence-corrected chi connectivity index (χ3v) is 1.65. The van der Waals surface area contributed by atoms with Crippen molar-refractivity contribution in [1.82, 2.24) is 5.32 Å². The second-order valence-electron chi connectivity index (χ2n) is 3.97. The zero-order chi connectivity index (χ0) is 16.7. The number of esters is 1. The number of amides is 1. The van der Waals surface area contributed by atoms with Crippen LogP contribution in [0.4, 0.5) is 22.4 Å². The maximum atomic E-state index is 12.8. The van der Waals surface area contributed by atoms with Gasteiger partial charge in [0.1, 0.15) is 6.61 Å². The standard InChI is InChI=1S/C11H15F4NO5/c1-7(2)8(17)19-5-4-16-9(18)20-6-11(14,15)21-10(3,12)13/h1,4-6H2,2-3H3,(H,16,18). The first-order valence-corrected chi connectivity index (χ1v) is 5.62. The average Bonchev–Trinajstić information content (AvgIpc) is 2.28. The van der Waals surface area contributed by atoms with Gasteiger partial charge in [0.05, 0.1) is 6.54 Å². The Morgan fingerprint density at radius 2 is 1.76 bits per heavy atom. The lowest BCUT2D eigenvalue weighted by atomic mass is 10.4. The Kier molecular flexibility index (Phi) is 7.13. The summed E-state index contributed by atoms with van der Waals surface area (Å²) >= 11 is 0. The minimum Gasteiger partial charge on any atom is -0.460 e. The SMILES string of the molecule is C=C(C)C(=O)OCCNC(=O)OCC(F)(F)OC(C)(F)F. The Morgan fingerprint density at radius 1 is 1.19 bits per heavy atom. The summed E-state index contributed by atoms with van der Waals surface area (Å²) < 4.78 is 61.7. The van der Waals surface area contributed by atoms with E-state index in [-0.39, 0.29) is 25.6 Å². The van der Waals surface area contributed by atoms with E-state index in [9.17, 15) is 27.2 Å². The molecule has 0 heterocycles. The van der Waals surface area contributed by atoms with Crippen molar-refractivity contribution in [2.24, 2.45) is 0 Å². The van der Waals surface area contributed by atoms with E-state index >= 15 is 0 Å². The summed E-state index contributed by atoms with van der Waals surface area (Å²) in [4.78, 5) is 21.9. The Bertz CT molecular complexity index is 395. The van der Waals surface area contributed by atoms with Crippen LogP contribution in [-0.2, 0) is 19.0 Å². The average molecular weight is 317 g/mol. The topological polar surface area (TPSA) is 73.9 Å². The predicted molar refractivity (Wildman–Crippen MR) is 61.8 cm³/mol. The molecule has 0 aliphatic rings. The van der Waals surface area contributed by atoms with Crippen molar-refractivity contribution in [2.45, 2.75) is 26.1 Å². The molecule has 0 fully saturated rings. The normalized spacial score (nSPS) is 11.7. The Balaban J connectivity index is 3.90. The Labute approximate surface area is 118 Å². The lowest BCUT2D eigenvalue weighted by molar-refractivity contribution is -0.374. The molecule has 1 N–H and O–H groups in total. The quantitative estimate of drug-likeness (QED) is 0.321. The number of alkyl halides is 4. The van der Waals surface area contributed by atoms with Crippen molar-refractivity contribution in [3.8, 4) is 0 Å². The molecule has 10 heteroatoms. The summed E-state index contributed by atoms with van der Waals surface area (Å²) in [5, 5.41) is 1.97. The molecule has 0 bridgehead atoms. The maximum absolute atomic E-state index is 12.8. The first kappa shape index (κ1) is 19.2. The lowest BCUT2D eigenvalue weighted by Crippen LogP contribution is -2.38. The van der Waals surface area contributed by atoms with Crippen molar-refractivity contribution in [3.05, 3.63) is 12.2 Å². The van der Waals surface area contributed by atoms with Crippen LogP contribution in [0.1, 0.15) is 13.8 Å². The fourth-order valence-corrected chi connectivity index (χ4v) is 0.912. The van der Waals surface area contributed by atoms with E-state index in [0.29, 0.717) is 0 Å². The molecule has 21 heavy (non-hydrogen) atoms. The molecule has 0 unspecified atom stereocenters. The molecule has 122 valence electrons. The minimum atomic E-state index is -4.33. The van der Waals surface area contributed by atoms with Gasteiger partial charge in [-0.25, -0.2) is 9.59 Å². The van der Waals surface area contributed by atoms with Crippen LogP contribution in [0.15, 0.2) is 12.2 Å². The zero-order valence-electron chi connectivity index (χ0n) is 11.4. The Morgan fingerprint density at radius 3 is 2.24 bits per heavy atom. The first-order valence-electron chi connectivity index (χ1n) is 5.62. The summed E-state index contributed by atoms with van der Waals surface area (Å²) in [7, 11) is 0. The van der Waals surface area contributed by atoms with Gasteiger partial charge >= 0.3 is 24.3 Å².